The maximum atomic E-state index is 13.3. The number of fused-ring (bicyclic) bond motifs is 1. The summed E-state index contributed by atoms with van der Waals surface area (Å²) in [5.41, 5.74) is 1.59. The van der Waals surface area contributed by atoms with E-state index in [-0.39, 0.29) is 12.1 Å². The Morgan fingerprint density at radius 3 is 2.39 bits per heavy atom. The van der Waals surface area contributed by atoms with Crippen LogP contribution in [-0.4, -0.2) is 40.5 Å². The number of esters is 1. The zero-order chi connectivity index (χ0) is 25.8. The number of hydrogen-bond acceptors (Lipinski definition) is 8. The number of amides is 1. The topological polar surface area (TPSA) is 126 Å². The smallest absolute Gasteiger partial charge is 0.338 e. The summed E-state index contributed by atoms with van der Waals surface area (Å²) in [4.78, 5) is 38.4. The Hall–Kier alpha value is -4.47. The minimum absolute atomic E-state index is 0.0957. The Morgan fingerprint density at radius 2 is 1.78 bits per heavy atom. The molecule has 186 valence electrons. The van der Waals surface area contributed by atoms with Crippen LogP contribution in [0.25, 0.3) is 22.2 Å². The minimum Gasteiger partial charge on any atom is -0.497 e. The minimum atomic E-state index is -0.916. The number of nitrogens with one attached hydrogen (secondary N) is 1. The number of rotatable bonds is 8. The van der Waals surface area contributed by atoms with Crippen molar-refractivity contribution in [1.82, 2.24) is 14.9 Å². The van der Waals surface area contributed by atoms with Crippen molar-refractivity contribution in [3.05, 3.63) is 70.2 Å². The molecule has 0 saturated heterocycles. The summed E-state index contributed by atoms with van der Waals surface area (Å²) in [5, 5.41) is 11.8. The molecule has 1 N–H and O–H groups in total. The van der Waals surface area contributed by atoms with Crippen molar-refractivity contribution in [2.24, 2.45) is 0 Å². The van der Waals surface area contributed by atoms with Gasteiger partial charge in [-0.1, -0.05) is 12.1 Å². The second-order valence-corrected chi connectivity index (χ2v) is 8.00. The van der Waals surface area contributed by atoms with E-state index < -0.39 is 23.5 Å². The molecular weight excluding hydrogens is 464 g/mol. The van der Waals surface area contributed by atoms with Gasteiger partial charge in [0.05, 0.1) is 24.7 Å². The van der Waals surface area contributed by atoms with Crippen molar-refractivity contribution in [3.63, 3.8) is 0 Å². The number of anilines is 1. The Labute approximate surface area is 206 Å². The normalized spacial score (nSPS) is 11.8. The maximum absolute atomic E-state index is 13.3. The Morgan fingerprint density at radius 1 is 1.08 bits per heavy atom. The third kappa shape index (κ3) is 4.70. The molecule has 4 aromatic rings. The molecule has 0 aliphatic rings. The third-order valence-corrected chi connectivity index (χ3v) is 5.73. The van der Waals surface area contributed by atoms with Crippen LogP contribution in [0.1, 0.15) is 42.4 Å². The number of aryl methyl sites for hydroxylation is 1. The highest BCUT2D eigenvalue weighted by atomic mass is 16.5. The van der Waals surface area contributed by atoms with Crippen molar-refractivity contribution < 1.29 is 23.6 Å². The van der Waals surface area contributed by atoms with Crippen molar-refractivity contribution in [2.45, 2.75) is 33.2 Å². The van der Waals surface area contributed by atoms with Gasteiger partial charge in [0.15, 0.2) is 5.52 Å². The number of nitrogens with zero attached hydrogens (tertiary/aromatic N) is 3. The van der Waals surface area contributed by atoms with Gasteiger partial charge in [0.2, 0.25) is 5.91 Å². The van der Waals surface area contributed by atoms with Gasteiger partial charge in [-0.25, -0.2) is 9.48 Å². The zero-order valence-electron chi connectivity index (χ0n) is 20.4. The first-order valence-corrected chi connectivity index (χ1v) is 11.5. The summed E-state index contributed by atoms with van der Waals surface area (Å²) < 4.78 is 16.7. The average molecular weight is 491 g/mol. The average Bonchev–Trinajstić information content (AvgIpc) is 3.28. The lowest BCUT2D eigenvalue weighted by Gasteiger charge is -2.18. The fourth-order valence-electron chi connectivity index (χ4n) is 3.87. The lowest BCUT2D eigenvalue weighted by molar-refractivity contribution is -0.119. The van der Waals surface area contributed by atoms with Crippen LogP contribution in [0.15, 0.2) is 57.8 Å². The van der Waals surface area contributed by atoms with Gasteiger partial charge in [0.25, 0.3) is 5.56 Å². The summed E-state index contributed by atoms with van der Waals surface area (Å²) >= 11 is 0. The third-order valence-electron chi connectivity index (χ3n) is 5.73. The molecule has 4 rings (SSSR count). The van der Waals surface area contributed by atoms with Gasteiger partial charge in [0, 0.05) is 11.3 Å². The molecule has 0 radical (unpaired) electrons. The van der Waals surface area contributed by atoms with Crippen molar-refractivity contribution in [3.8, 4) is 17.0 Å². The van der Waals surface area contributed by atoms with Crippen LogP contribution < -0.4 is 15.6 Å². The molecule has 1 atom stereocenters. The van der Waals surface area contributed by atoms with Crippen LogP contribution in [0.4, 0.5) is 5.69 Å². The van der Waals surface area contributed by atoms with Gasteiger partial charge in [-0.2, -0.15) is 5.10 Å². The predicted octanol–water partition coefficient (Wildman–Crippen LogP) is 4.14. The second-order valence-electron chi connectivity index (χ2n) is 8.00. The van der Waals surface area contributed by atoms with Gasteiger partial charge in [-0.05, 0) is 68.8 Å². The van der Waals surface area contributed by atoms with E-state index in [1.54, 1.807) is 64.3 Å². The Bertz CT molecular complexity index is 1460. The van der Waals surface area contributed by atoms with Crippen LogP contribution in [-0.2, 0) is 9.53 Å². The molecule has 10 nitrogen and oxygen atoms in total. The SMILES string of the molecule is CCOC(=O)c1ccc(NC(=O)[C@H](CC)n2nc(-c3ccc(OC)cc3)c3c(C)onc3c2=O)cc1. The second kappa shape index (κ2) is 10.4. The van der Waals surface area contributed by atoms with E-state index in [1.165, 1.54) is 0 Å². The quantitative estimate of drug-likeness (QED) is 0.365. The molecule has 0 aliphatic carbocycles. The lowest BCUT2D eigenvalue weighted by Crippen LogP contribution is -2.35. The highest BCUT2D eigenvalue weighted by molar-refractivity contribution is 5.96. The Balaban J connectivity index is 1.71. The number of ether oxygens (including phenoxy) is 2. The number of benzene rings is 2. The van der Waals surface area contributed by atoms with Crippen LogP contribution in [0.3, 0.4) is 0 Å². The molecule has 0 unspecified atom stereocenters. The lowest BCUT2D eigenvalue weighted by atomic mass is 10.1. The van der Waals surface area contributed by atoms with Gasteiger partial charge in [0.1, 0.15) is 23.2 Å². The van der Waals surface area contributed by atoms with Crippen LogP contribution in [0.2, 0.25) is 0 Å². The molecule has 2 aromatic carbocycles. The maximum Gasteiger partial charge on any atom is 0.338 e. The van der Waals surface area contributed by atoms with E-state index in [1.807, 2.05) is 12.1 Å². The van der Waals surface area contributed by atoms with Crippen LogP contribution in [0.5, 0.6) is 5.75 Å². The van der Waals surface area contributed by atoms with Crippen LogP contribution in [0, 0.1) is 6.92 Å². The number of hydrogen-bond donors (Lipinski definition) is 1. The predicted molar refractivity (Wildman–Crippen MR) is 133 cm³/mol. The molecule has 0 saturated carbocycles. The van der Waals surface area contributed by atoms with Crippen molar-refractivity contribution in [2.75, 3.05) is 19.0 Å². The molecule has 0 spiro atoms. The first-order valence-electron chi connectivity index (χ1n) is 11.5. The number of carbonyl (C=O) groups excluding carboxylic acids is 2. The van der Waals surface area contributed by atoms with Gasteiger partial charge >= 0.3 is 5.97 Å². The summed E-state index contributed by atoms with van der Waals surface area (Å²) in [6, 6.07) is 12.6. The largest absolute Gasteiger partial charge is 0.497 e. The van der Waals surface area contributed by atoms with Gasteiger partial charge in [-0.3, -0.25) is 9.59 Å². The highest BCUT2D eigenvalue weighted by Crippen LogP contribution is 2.29. The summed E-state index contributed by atoms with van der Waals surface area (Å²) in [6.45, 7) is 5.49. The van der Waals surface area contributed by atoms with Gasteiger partial charge in [-0.15, -0.1) is 0 Å². The van der Waals surface area contributed by atoms with Crippen molar-refractivity contribution in [1.29, 1.82) is 0 Å². The Kier molecular flexibility index (Phi) is 7.14. The van der Waals surface area contributed by atoms with E-state index in [0.717, 1.165) is 4.68 Å². The monoisotopic (exact) mass is 490 g/mol. The fraction of sp³-hybridized carbons (Fsp3) is 0.269. The van der Waals surface area contributed by atoms with Crippen molar-refractivity contribution >= 4 is 28.5 Å². The van der Waals surface area contributed by atoms with E-state index in [4.69, 9.17) is 14.0 Å². The van der Waals surface area contributed by atoms with E-state index in [2.05, 4.69) is 15.6 Å². The molecule has 0 fully saturated rings. The summed E-state index contributed by atoms with van der Waals surface area (Å²) in [5.74, 6) is 0.243. The molecular formula is C26H26N4O6. The van der Waals surface area contributed by atoms with Crippen LogP contribution >= 0.6 is 0 Å². The fourth-order valence-corrected chi connectivity index (χ4v) is 3.87. The zero-order valence-corrected chi connectivity index (χ0v) is 20.4. The first kappa shape index (κ1) is 24.6. The molecule has 1 amide bonds. The number of methoxy groups -OCH3 is 1. The highest BCUT2D eigenvalue weighted by Gasteiger charge is 2.26. The summed E-state index contributed by atoms with van der Waals surface area (Å²) in [7, 11) is 1.57. The molecule has 2 aromatic heterocycles. The van der Waals surface area contributed by atoms with E-state index >= 15 is 0 Å². The van der Waals surface area contributed by atoms with E-state index in [9.17, 15) is 14.4 Å². The molecule has 10 heteroatoms. The first-order chi connectivity index (χ1) is 17.4. The molecule has 2 heterocycles. The number of carbonyl (C=O) groups is 2. The standard InChI is InChI=1S/C26H26N4O6/c1-5-20(24(31)27-18-11-7-17(8-12-18)26(33)35-6-2)30-25(32)23-21(15(3)36-29-23)22(28-30)16-9-13-19(34-4)14-10-16/h7-14,20H,5-6H2,1-4H3,(H,27,31)/t20-/m0/s1. The summed E-state index contributed by atoms with van der Waals surface area (Å²) in [6.07, 6.45) is 0.296. The molecule has 0 bridgehead atoms. The molecule has 36 heavy (non-hydrogen) atoms. The number of aromatic nitrogens is 3. The molecule has 0 aliphatic heterocycles. The van der Waals surface area contributed by atoms with Gasteiger partial charge < -0.3 is 19.3 Å². The van der Waals surface area contributed by atoms with E-state index in [0.29, 0.717) is 45.8 Å².